The van der Waals surface area contributed by atoms with Crippen LogP contribution in [0.25, 0.3) is 21.9 Å². The highest BCUT2D eigenvalue weighted by atomic mass is 16.2. The minimum atomic E-state index is -0.577. The largest absolute Gasteiger partial charge is 0.366 e. The summed E-state index contributed by atoms with van der Waals surface area (Å²) < 4.78 is 0. The number of amides is 2. The molecule has 0 bridgehead atoms. The van der Waals surface area contributed by atoms with Crippen molar-refractivity contribution in [2.75, 3.05) is 5.32 Å². The SMILES string of the molecule is NC(=O)c1ccnc(NC(=O)C2CC2)c1-c1cncc2ccccc12. The Kier molecular flexibility index (Phi) is 3.65. The van der Waals surface area contributed by atoms with E-state index in [9.17, 15) is 9.59 Å². The number of fused-ring (bicyclic) bond motifs is 1. The van der Waals surface area contributed by atoms with E-state index in [-0.39, 0.29) is 11.8 Å². The highest BCUT2D eigenvalue weighted by molar-refractivity contribution is 6.09. The molecule has 25 heavy (non-hydrogen) atoms. The first kappa shape index (κ1) is 15.3. The van der Waals surface area contributed by atoms with Gasteiger partial charge in [0, 0.05) is 41.0 Å². The van der Waals surface area contributed by atoms with E-state index < -0.39 is 5.91 Å². The second-order valence-corrected chi connectivity index (χ2v) is 6.12. The molecular formula is C19H16N4O2. The summed E-state index contributed by atoms with van der Waals surface area (Å²) in [6, 6.07) is 9.27. The molecule has 0 saturated heterocycles. The number of nitrogens with zero attached hydrogens (tertiary/aromatic N) is 2. The molecule has 4 rings (SSSR count). The number of hydrogen-bond acceptors (Lipinski definition) is 4. The molecule has 3 N–H and O–H groups in total. The maximum Gasteiger partial charge on any atom is 0.249 e. The van der Waals surface area contributed by atoms with Crippen LogP contribution < -0.4 is 11.1 Å². The van der Waals surface area contributed by atoms with Crippen LogP contribution in [0.5, 0.6) is 0 Å². The standard InChI is InChI=1S/C19H16N4O2/c20-17(24)14-7-8-22-18(23-19(25)11-5-6-11)16(14)15-10-21-9-12-3-1-2-4-13(12)15/h1-4,7-11H,5-6H2,(H2,20,24)(H,22,23,25). The molecule has 0 unspecified atom stereocenters. The van der Waals surface area contributed by atoms with Crippen molar-refractivity contribution in [1.82, 2.24) is 9.97 Å². The predicted molar refractivity (Wildman–Crippen MR) is 94.8 cm³/mol. The van der Waals surface area contributed by atoms with Crippen molar-refractivity contribution in [2.45, 2.75) is 12.8 Å². The van der Waals surface area contributed by atoms with E-state index in [0.717, 1.165) is 23.6 Å². The van der Waals surface area contributed by atoms with E-state index >= 15 is 0 Å². The molecule has 124 valence electrons. The van der Waals surface area contributed by atoms with Gasteiger partial charge in [0.15, 0.2) is 0 Å². The highest BCUT2D eigenvalue weighted by Crippen LogP contribution is 2.36. The van der Waals surface area contributed by atoms with Crippen LogP contribution in [0, 0.1) is 5.92 Å². The fourth-order valence-electron chi connectivity index (χ4n) is 2.91. The molecule has 1 saturated carbocycles. The third-order valence-electron chi connectivity index (χ3n) is 4.34. The van der Waals surface area contributed by atoms with Crippen LogP contribution in [-0.4, -0.2) is 21.8 Å². The van der Waals surface area contributed by atoms with Gasteiger partial charge in [-0.1, -0.05) is 24.3 Å². The number of aromatic nitrogens is 2. The van der Waals surface area contributed by atoms with Gasteiger partial charge >= 0.3 is 0 Å². The molecule has 1 aliphatic rings. The highest BCUT2D eigenvalue weighted by Gasteiger charge is 2.31. The van der Waals surface area contributed by atoms with Crippen molar-refractivity contribution in [2.24, 2.45) is 11.7 Å². The minimum Gasteiger partial charge on any atom is -0.366 e. The fourth-order valence-corrected chi connectivity index (χ4v) is 2.91. The van der Waals surface area contributed by atoms with E-state index in [1.807, 2.05) is 24.3 Å². The molecule has 3 aromatic rings. The van der Waals surface area contributed by atoms with Crippen molar-refractivity contribution in [1.29, 1.82) is 0 Å². The van der Waals surface area contributed by atoms with Crippen LogP contribution in [0.1, 0.15) is 23.2 Å². The van der Waals surface area contributed by atoms with Gasteiger partial charge in [0.05, 0.1) is 5.56 Å². The van der Waals surface area contributed by atoms with E-state index in [1.165, 1.54) is 6.20 Å². The molecule has 1 aliphatic carbocycles. The maximum atomic E-state index is 12.2. The normalized spacial score (nSPS) is 13.6. The summed E-state index contributed by atoms with van der Waals surface area (Å²) >= 11 is 0. The van der Waals surface area contributed by atoms with Gasteiger partial charge in [-0.25, -0.2) is 4.98 Å². The van der Waals surface area contributed by atoms with E-state index in [1.54, 1.807) is 18.5 Å². The lowest BCUT2D eigenvalue weighted by atomic mass is 9.97. The molecule has 1 aromatic carbocycles. The summed E-state index contributed by atoms with van der Waals surface area (Å²) in [5.74, 6) is -0.292. The molecular weight excluding hydrogens is 316 g/mol. The third-order valence-corrected chi connectivity index (χ3v) is 4.34. The molecule has 0 atom stereocenters. The Morgan fingerprint density at radius 2 is 1.92 bits per heavy atom. The van der Waals surface area contributed by atoms with Crippen molar-refractivity contribution in [3.05, 3.63) is 54.5 Å². The molecule has 6 heteroatoms. The Balaban J connectivity index is 1.94. The number of hydrogen-bond donors (Lipinski definition) is 2. The quantitative estimate of drug-likeness (QED) is 0.767. The molecule has 6 nitrogen and oxygen atoms in total. The van der Waals surface area contributed by atoms with Gasteiger partial charge in [0.25, 0.3) is 0 Å². The van der Waals surface area contributed by atoms with Gasteiger partial charge in [-0.3, -0.25) is 14.6 Å². The molecule has 0 radical (unpaired) electrons. The Hall–Kier alpha value is -3.28. The van der Waals surface area contributed by atoms with Crippen LogP contribution in [-0.2, 0) is 4.79 Å². The summed E-state index contributed by atoms with van der Waals surface area (Å²) in [5, 5.41) is 4.69. The van der Waals surface area contributed by atoms with Gasteiger partial charge in [-0.2, -0.15) is 0 Å². The van der Waals surface area contributed by atoms with E-state index in [0.29, 0.717) is 22.5 Å². The molecule has 2 aromatic heterocycles. The van der Waals surface area contributed by atoms with Crippen molar-refractivity contribution in [3.8, 4) is 11.1 Å². The number of nitrogens with one attached hydrogen (secondary N) is 1. The van der Waals surface area contributed by atoms with Gasteiger partial charge in [-0.15, -0.1) is 0 Å². The molecule has 1 fully saturated rings. The molecule has 0 aliphatic heterocycles. The lowest BCUT2D eigenvalue weighted by molar-refractivity contribution is -0.117. The van der Waals surface area contributed by atoms with Gasteiger partial charge in [0.1, 0.15) is 5.82 Å². The Morgan fingerprint density at radius 1 is 1.12 bits per heavy atom. The zero-order chi connectivity index (χ0) is 17.4. The summed E-state index contributed by atoms with van der Waals surface area (Å²) in [5.41, 5.74) is 7.09. The number of primary amides is 1. The lowest BCUT2D eigenvalue weighted by Crippen LogP contribution is -2.18. The molecule has 2 heterocycles. The smallest absolute Gasteiger partial charge is 0.249 e. The average Bonchev–Trinajstić information content (AvgIpc) is 3.46. The number of nitrogens with two attached hydrogens (primary N) is 1. The number of anilines is 1. The maximum absolute atomic E-state index is 12.2. The number of pyridine rings is 2. The number of carbonyl (C=O) groups is 2. The Morgan fingerprint density at radius 3 is 2.68 bits per heavy atom. The first-order valence-corrected chi connectivity index (χ1v) is 8.08. The number of rotatable bonds is 4. The molecule has 2 amide bonds. The average molecular weight is 332 g/mol. The van der Waals surface area contributed by atoms with Crippen LogP contribution >= 0.6 is 0 Å². The van der Waals surface area contributed by atoms with Gasteiger partial charge < -0.3 is 11.1 Å². The predicted octanol–water partition coefficient (Wildman–Crippen LogP) is 2.74. The van der Waals surface area contributed by atoms with Crippen molar-refractivity contribution in [3.63, 3.8) is 0 Å². The first-order chi connectivity index (χ1) is 12.1. The Bertz CT molecular complexity index is 990. The van der Waals surface area contributed by atoms with E-state index in [2.05, 4.69) is 15.3 Å². The lowest BCUT2D eigenvalue weighted by Gasteiger charge is -2.14. The Labute approximate surface area is 144 Å². The van der Waals surface area contributed by atoms with Gasteiger partial charge in [-0.05, 0) is 24.3 Å². The third kappa shape index (κ3) is 2.82. The molecule has 0 spiro atoms. The zero-order valence-electron chi connectivity index (χ0n) is 13.4. The second kappa shape index (κ2) is 5.98. The van der Waals surface area contributed by atoms with Crippen LogP contribution in [0.15, 0.2) is 48.9 Å². The van der Waals surface area contributed by atoms with Crippen LogP contribution in [0.4, 0.5) is 5.82 Å². The van der Waals surface area contributed by atoms with Crippen molar-refractivity contribution < 1.29 is 9.59 Å². The second-order valence-electron chi connectivity index (χ2n) is 6.12. The topological polar surface area (TPSA) is 98.0 Å². The summed E-state index contributed by atoms with van der Waals surface area (Å²) in [4.78, 5) is 32.7. The summed E-state index contributed by atoms with van der Waals surface area (Å²) in [6.45, 7) is 0. The number of carbonyl (C=O) groups excluding carboxylic acids is 2. The first-order valence-electron chi connectivity index (χ1n) is 8.08. The van der Waals surface area contributed by atoms with E-state index in [4.69, 9.17) is 5.73 Å². The summed E-state index contributed by atoms with van der Waals surface area (Å²) in [6.07, 6.45) is 6.66. The van der Waals surface area contributed by atoms with Crippen molar-refractivity contribution >= 4 is 28.4 Å². The monoisotopic (exact) mass is 332 g/mol. The van der Waals surface area contributed by atoms with Crippen LogP contribution in [0.2, 0.25) is 0 Å². The minimum absolute atomic E-state index is 0.0255. The van der Waals surface area contributed by atoms with Crippen LogP contribution in [0.3, 0.4) is 0 Å². The van der Waals surface area contributed by atoms with Gasteiger partial charge in [0.2, 0.25) is 11.8 Å². The fraction of sp³-hybridized carbons (Fsp3) is 0.158. The summed E-state index contributed by atoms with van der Waals surface area (Å²) in [7, 11) is 0. The zero-order valence-corrected chi connectivity index (χ0v) is 13.4. The number of benzene rings is 1.